The molecule has 0 aromatic heterocycles. The third-order valence-electron chi connectivity index (χ3n) is 4.27. The van der Waals surface area contributed by atoms with Gasteiger partial charge in [-0.3, -0.25) is 0 Å². The van der Waals surface area contributed by atoms with E-state index in [-0.39, 0.29) is 0 Å². The normalized spacial score (nSPS) is 62.5. The lowest BCUT2D eigenvalue weighted by Gasteiger charge is -2.55. The molecule has 12 heavy (non-hydrogen) atoms. The molecule has 0 aliphatic heterocycles. The largest absolute Gasteiger partial charge is 0.327 e. The Balaban J connectivity index is 1.95. The smallest absolute Gasteiger partial charge is 0.112 e. The van der Waals surface area contributed by atoms with Crippen LogP contribution in [0.1, 0.15) is 32.1 Å². The Hall–Kier alpha value is -0.110. The van der Waals surface area contributed by atoms with Crippen LogP contribution in [0.3, 0.4) is 0 Å². The molecule has 0 saturated heterocycles. The van der Waals surface area contributed by atoms with Gasteiger partial charge in [-0.25, -0.2) is 4.39 Å². The molecule has 0 aromatic carbocycles. The third-order valence-corrected chi connectivity index (χ3v) is 4.27. The summed E-state index contributed by atoms with van der Waals surface area (Å²) in [6, 6.07) is 0.324. The van der Waals surface area contributed by atoms with Crippen molar-refractivity contribution < 1.29 is 4.39 Å². The molecule has 2 heteroatoms. The number of rotatable bonds is 0. The number of hydrogen-bond acceptors (Lipinski definition) is 1. The molecule has 1 nitrogen and oxygen atoms in total. The number of alkyl halides is 1. The van der Waals surface area contributed by atoms with E-state index in [0.717, 1.165) is 19.3 Å². The van der Waals surface area contributed by atoms with Gasteiger partial charge in [0.1, 0.15) is 5.67 Å². The topological polar surface area (TPSA) is 26.0 Å². The molecule has 4 aliphatic carbocycles. The van der Waals surface area contributed by atoms with E-state index in [9.17, 15) is 4.39 Å². The highest BCUT2D eigenvalue weighted by molar-refractivity contribution is 5.07. The van der Waals surface area contributed by atoms with Crippen LogP contribution >= 0.6 is 0 Å². The molecule has 68 valence electrons. The van der Waals surface area contributed by atoms with Gasteiger partial charge in [-0.15, -0.1) is 0 Å². The van der Waals surface area contributed by atoms with Crippen LogP contribution in [0.25, 0.3) is 0 Å². The number of halogens is 1. The van der Waals surface area contributed by atoms with Gasteiger partial charge in [0.25, 0.3) is 0 Å². The second kappa shape index (κ2) is 2.03. The SMILES string of the molecule is NC1[C@H]2CC3C[C@H]1CC(F)(C3)C2. The van der Waals surface area contributed by atoms with Gasteiger partial charge in [-0.05, 0) is 49.9 Å². The lowest BCUT2D eigenvalue weighted by Crippen LogP contribution is -2.57. The average Bonchev–Trinajstić information content (AvgIpc) is 1.96. The quantitative estimate of drug-likeness (QED) is 0.588. The molecule has 0 unspecified atom stereocenters. The minimum Gasteiger partial charge on any atom is -0.327 e. The first-order valence-electron chi connectivity index (χ1n) is 5.11. The van der Waals surface area contributed by atoms with Crippen LogP contribution < -0.4 is 5.73 Å². The molecule has 4 rings (SSSR count). The van der Waals surface area contributed by atoms with Gasteiger partial charge in [-0.1, -0.05) is 0 Å². The lowest BCUT2D eigenvalue weighted by molar-refractivity contribution is -0.0845. The molecule has 4 aliphatic rings. The van der Waals surface area contributed by atoms with E-state index in [4.69, 9.17) is 5.73 Å². The van der Waals surface area contributed by atoms with E-state index in [1.807, 2.05) is 0 Å². The van der Waals surface area contributed by atoms with Gasteiger partial charge in [0.15, 0.2) is 0 Å². The number of hydrogen-bond donors (Lipinski definition) is 1. The van der Waals surface area contributed by atoms with E-state index in [1.165, 1.54) is 12.8 Å². The van der Waals surface area contributed by atoms with E-state index in [2.05, 4.69) is 0 Å². The summed E-state index contributed by atoms with van der Waals surface area (Å²) in [6.07, 6.45) is 4.79. The van der Waals surface area contributed by atoms with Crippen molar-refractivity contribution >= 4 is 0 Å². The maximum atomic E-state index is 14.0. The van der Waals surface area contributed by atoms with Crippen LogP contribution in [0.5, 0.6) is 0 Å². The Morgan fingerprint density at radius 3 is 2.17 bits per heavy atom. The van der Waals surface area contributed by atoms with Crippen molar-refractivity contribution in [2.75, 3.05) is 0 Å². The predicted octanol–water partition coefficient (Wildman–Crippen LogP) is 1.86. The Morgan fingerprint density at radius 1 is 1.08 bits per heavy atom. The molecule has 0 heterocycles. The van der Waals surface area contributed by atoms with Crippen LogP contribution in [0.2, 0.25) is 0 Å². The summed E-state index contributed by atoms with van der Waals surface area (Å²) in [4.78, 5) is 0. The Morgan fingerprint density at radius 2 is 1.67 bits per heavy atom. The number of nitrogens with two attached hydrogens (primary N) is 1. The van der Waals surface area contributed by atoms with Crippen LogP contribution in [-0.4, -0.2) is 11.7 Å². The minimum absolute atomic E-state index is 0.324. The van der Waals surface area contributed by atoms with Crippen molar-refractivity contribution in [1.82, 2.24) is 0 Å². The van der Waals surface area contributed by atoms with Gasteiger partial charge >= 0.3 is 0 Å². The standard InChI is InChI=1S/C10H16FN/c11-10-3-6-1-7(4-10)9(12)8(2-6)5-10/h6-9H,1-5,12H2/t6?,7-,8-,9?,10?/m0/s1. The van der Waals surface area contributed by atoms with Gasteiger partial charge in [0.2, 0.25) is 0 Å². The lowest BCUT2D eigenvalue weighted by atomic mass is 9.53. The molecule has 2 N–H and O–H groups in total. The van der Waals surface area contributed by atoms with E-state index in [0.29, 0.717) is 23.8 Å². The molecule has 0 radical (unpaired) electrons. The fourth-order valence-electron chi connectivity index (χ4n) is 3.96. The van der Waals surface area contributed by atoms with Gasteiger partial charge in [-0.2, -0.15) is 0 Å². The van der Waals surface area contributed by atoms with Gasteiger partial charge in [0.05, 0.1) is 0 Å². The fraction of sp³-hybridized carbons (Fsp3) is 1.00. The summed E-state index contributed by atoms with van der Waals surface area (Å²) >= 11 is 0. The Labute approximate surface area is 72.5 Å². The zero-order chi connectivity index (χ0) is 8.34. The molecule has 0 spiro atoms. The summed E-state index contributed by atoms with van der Waals surface area (Å²) < 4.78 is 14.0. The van der Waals surface area contributed by atoms with Crippen LogP contribution in [-0.2, 0) is 0 Å². The molecule has 4 bridgehead atoms. The molecule has 0 amide bonds. The maximum Gasteiger partial charge on any atom is 0.112 e. The molecule has 4 fully saturated rings. The van der Waals surface area contributed by atoms with E-state index >= 15 is 0 Å². The van der Waals surface area contributed by atoms with Gasteiger partial charge in [0, 0.05) is 6.04 Å². The van der Waals surface area contributed by atoms with Crippen LogP contribution in [0.4, 0.5) is 4.39 Å². The van der Waals surface area contributed by atoms with E-state index in [1.54, 1.807) is 0 Å². The summed E-state index contributed by atoms with van der Waals surface area (Å²) in [5.41, 5.74) is 5.26. The molecule has 4 saturated carbocycles. The Bertz CT molecular complexity index is 200. The molecule has 0 aromatic rings. The zero-order valence-electron chi connectivity index (χ0n) is 7.30. The fourth-order valence-corrected chi connectivity index (χ4v) is 3.96. The Kier molecular flexibility index (Phi) is 1.24. The van der Waals surface area contributed by atoms with Crippen molar-refractivity contribution in [3.63, 3.8) is 0 Å². The second-order valence-corrected chi connectivity index (χ2v) is 5.20. The van der Waals surface area contributed by atoms with Gasteiger partial charge < -0.3 is 5.73 Å². The summed E-state index contributed by atoms with van der Waals surface area (Å²) in [5, 5.41) is 0. The predicted molar refractivity (Wildman–Crippen MR) is 45.4 cm³/mol. The van der Waals surface area contributed by atoms with Crippen LogP contribution in [0.15, 0.2) is 0 Å². The average molecular weight is 169 g/mol. The van der Waals surface area contributed by atoms with E-state index < -0.39 is 5.67 Å². The van der Waals surface area contributed by atoms with Crippen molar-refractivity contribution in [3.05, 3.63) is 0 Å². The first-order valence-corrected chi connectivity index (χ1v) is 5.11. The third kappa shape index (κ3) is 0.819. The summed E-state index contributed by atoms with van der Waals surface area (Å²) in [7, 11) is 0. The van der Waals surface area contributed by atoms with Crippen molar-refractivity contribution in [3.8, 4) is 0 Å². The first-order chi connectivity index (χ1) is 5.66. The highest BCUT2D eigenvalue weighted by atomic mass is 19.1. The van der Waals surface area contributed by atoms with Crippen molar-refractivity contribution in [2.24, 2.45) is 23.5 Å². The maximum absolute atomic E-state index is 14.0. The second-order valence-electron chi connectivity index (χ2n) is 5.20. The molecular formula is C10H16FN. The molecule has 2 atom stereocenters. The highest BCUT2D eigenvalue weighted by Gasteiger charge is 2.54. The van der Waals surface area contributed by atoms with Crippen LogP contribution in [0, 0.1) is 17.8 Å². The minimum atomic E-state index is -0.799. The van der Waals surface area contributed by atoms with Crippen molar-refractivity contribution in [1.29, 1.82) is 0 Å². The summed E-state index contributed by atoms with van der Waals surface area (Å²) in [5.74, 6) is 1.70. The zero-order valence-corrected chi connectivity index (χ0v) is 7.30. The van der Waals surface area contributed by atoms with Crippen molar-refractivity contribution in [2.45, 2.75) is 43.8 Å². The monoisotopic (exact) mass is 169 g/mol. The first kappa shape index (κ1) is 7.31. The molecular weight excluding hydrogens is 153 g/mol. The highest BCUT2D eigenvalue weighted by Crippen LogP contribution is 2.56. The summed E-state index contributed by atoms with van der Waals surface area (Å²) in [6.45, 7) is 0.